The highest BCUT2D eigenvalue weighted by Crippen LogP contribution is 2.36. The minimum absolute atomic E-state index is 0.0128. The van der Waals surface area contributed by atoms with Gasteiger partial charge in [-0.15, -0.1) is 0 Å². The topological polar surface area (TPSA) is 30.8 Å². The van der Waals surface area contributed by atoms with Gasteiger partial charge in [0.1, 0.15) is 35.6 Å². The van der Waals surface area contributed by atoms with Gasteiger partial charge < -0.3 is 9.47 Å². The number of rotatable bonds is 4. The Morgan fingerprint density at radius 2 is 2.00 bits per heavy atom. The molecule has 3 rings (SSSR count). The van der Waals surface area contributed by atoms with E-state index in [4.69, 9.17) is 16.3 Å². The molecule has 1 atom stereocenters. The molecule has 0 aliphatic carbocycles. The zero-order chi connectivity index (χ0) is 23.2. The number of benzene rings is 2. The summed E-state index contributed by atoms with van der Waals surface area (Å²) in [5.41, 5.74) is 0.431. The zero-order valence-electron chi connectivity index (χ0n) is 19.8. The van der Waals surface area contributed by atoms with Gasteiger partial charge in [0, 0.05) is 9.68 Å². The van der Waals surface area contributed by atoms with Crippen molar-refractivity contribution in [1.82, 2.24) is 0 Å². The molecule has 1 unspecified atom stereocenters. The van der Waals surface area contributed by atoms with Gasteiger partial charge in [0.2, 0.25) is 5.90 Å². The Labute approximate surface area is 159 Å². The quantitative estimate of drug-likeness (QED) is 0.748. The van der Waals surface area contributed by atoms with Crippen LogP contribution >= 0.6 is 0 Å². The van der Waals surface area contributed by atoms with Crippen LogP contribution in [0.15, 0.2) is 41.4 Å². The van der Waals surface area contributed by atoms with Gasteiger partial charge in [0.25, 0.3) is 0 Å². The molecule has 2 aromatic carbocycles. The van der Waals surface area contributed by atoms with E-state index in [1.165, 1.54) is 6.07 Å². The lowest BCUT2D eigenvalue weighted by Gasteiger charge is -2.22. The first-order chi connectivity index (χ1) is 14.2. The van der Waals surface area contributed by atoms with Gasteiger partial charge >= 0.3 is 0 Å². The van der Waals surface area contributed by atoms with Crippen LogP contribution in [0.3, 0.4) is 0 Å². The molecule has 138 valence electrons. The van der Waals surface area contributed by atoms with Crippen molar-refractivity contribution in [3.63, 3.8) is 0 Å². The zero-order valence-corrected chi connectivity index (χ0v) is 14.8. The van der Waals surface area contributed by atoms with Gasteiger partial charge in [0.15, 0.2) is 0 Å². The second-order valence-corrected chi connectivity index (χ2v) is 7.06. The van der Waals surface area contributed by atoms with Crippen LogP contribution in [0.25, 0.3) is 0 Å². The molecule has 26 heavy (non-hydrogen) atoms. The molecule has 1 aliphatic heterocycles. The van der Waals surface area contributed by atoms with Crippen LogP contribution in [0, 0.1) is 11.6 Å². The van der Waals surface area contributed by atoms with Gasteiger partial charge in [-0.3, -0.25) is 0 Å². The van der Waals surface area contributed by atoms with Crippen molar-refractivity contribution < 1.29 is 25.1 Å². The number of nitrogens with zero attached hydrogens (tertiary/aromatic N) is 1. The van der Waals surface area contributed by atoms with Crippen molar-refractivity contribution >= 4 is 5.90 Å². The van der Waals surface area contributed by atoms with Gasteiger partial charge in [-0.05, 0) is 36.0 Å². The monoisotopic (exact) mass is 364 g/mol. The molecule has 2 aromatic rings. The first-order valence-corrected chi connectivity index (χ1v) is 8.19. The van der Waals surface area contributed by atoms with Crippen molar-refractivity contribution in [3.05, 3.63) is 64.7 Å². The molecular weight excluding hydrogens is 336 g/mol. The average molecular weight is 364 g/mol. The van der Waals surface area contributed by atoms with Crippen molar-refractivity contribution in [2.45, 2.75) is 39.1 Å². The SMILES string of the molecule is [2H]C([2H])([2H])C([2H])([2H])Oc1cc(C(C)(C)C)ccc1C1COC(c2c(F)cccc2F)=N1. The minimum Gasteiger partial charge on any atom is -0.494 e. The molecule has 3 nitrogen and oxygen atoms in total. The molecule has 0 saturated heterocycles. The molecule has 1 heterocycles. The van der Waals surface area contributed by atoms with E-state index in [0.717, 1.165) is 17.7 Å². The molecule has 0 saturated carbocycles. The number of hydrogen-bond donors (Lipinski definition) is 0. The van der Waals surface area contributed by atoms with E-state index in [1.807, 2.05) is 20.8 Å². The summed E-state index contributed by atoms with van der Waals surface area (Å²) in [7, 11) is 0. The van der Waals surface area contributed by atoms with Gasteiger partial charge in [-0.2, -0.15) is 0 Å². The Morgan fingerprint density at radius 1 is 1.27 bits per heavy atom. The van der Waals surface area contributed by atoms with Crippen molar-refractivity contribution in [1.29, 1.82) is 0 Å². The maximum Gasteiger partial charge on any atom is 0.222 e. The van der Waals surface area contributed by atoms with Gasteiger partial charge in [-0.1, -0.05) is 39.0 Å². The second kappa shape index (κ2) is 7.06. The fourth-order valence-corrected chi connectivity index (χ4v) is 2.79. The molecular formula is C21H23F2NO2. The third kappa shape index (κ3) is 3.57. The lowest BCUT2D eigenvalue weighted by atomic mass is 9.86. The van der Waals surface area contributed by atoms with E-state index < -0.39 is 36.7 Å². The molecule has 0 bridgehead atoms. The predicted molar refractivity (Wildman–Crippen MR) is 97.9 cm³/mol. The summed E-state index contributed by atoms with van der Waals surface area (Å²) < 4.78 is 77.0. The molecule has 0 aromatic heterocycles. The second-order valence-electron chi connectivity index (χ2n) is 7.06. The Kier molecular flexibility index (Phi) is 3.49. The maximum absolute atomic E-state index is 14.1. The van der Waals surface area contributed by atoms with Crippen LogP contribution in [0.1, 0.15) is 57.2 Å². The fraction of sp³-hybridized carbons (Fsp3) is 0.381. The number of halogens is 2. The highest BCUT2D eigenvalue weighted by atomic mass is 19.1. The highest BCUT2D eigenvalue weighted by molar-refractivity contribution is 5.95. The smallest absolute Gasteiger partial charge is 0.222 e. The van der Waals surface area contributed by atoms with Gasteiger partial charge in [-0.25, -0.2) is 13.8 Å². The Bertz CT molecular complexity index is 996. The molecule has 5 heteroatoms. The Morgan fingerprint density at radius 3 is 2.65 bits per heavy atom. The molecule has 1 aliphatic rings. The number of ether oxygens (including phenoxy) is 2. The van der Waals surface area contributed by atoms with E-state index in [1.54, 1.807) is 18.2 Å². The third-order valence-corrected chi connectivity index (χ3v) is 4.23. The summed E-state index contributed by atoms with van der Waals surface area (Å²) in [6.45, 7) is -0.216. The largest absolute Gasteiger partial charge is 0.494 e. The Hall–Kier alpha value is -2.43. The normalized spacial score (nSPS) is 20.9. The fourth-order valence-electron chi connectivity index (χ4n) is 2.79. The van der Waals surface area contributed by atoms with E-state index in [0.29, 0.717) is 5.56 Å². The van der Waals surface area contributed by atoms with Crippen molar-refractivity contribution in [2.75, 3.05) is 13.2 Å². The highest BCUT2D eigenvalue weighted by Gasteiger charge is 2.28. The van der Waals surface area contributed by atoms with Crippen LogP contribution in [-0.4, -0.2) is 19.1 Å². The average Bonchev–Trinajstić information content (AvgIpc) is 3.09. The van der Waals surface area contributed by atoms with Gasteiger partial charge in [0.05, 0.1) is 9.30 Å². The summed E-state index contributed by atoms with van der Waals surface area (Å²) in [5, 5.41) is 0. The lowest BCUT2D eigenvalue weighted by molar-refractivity contribution is 0.304. The summed E-state index contributed by atoms with van der Waals surface area (Å²) in [6.07, 6.45) is 0. The van der Waals surface area contributed by atoms with Crippen LogP contribution in [0.2, 0.25) is 0 Å². The number of hydrogen-bond acceptors (Lipinski definition) is 3. The van der Waals surface area contributed by atoms with E-state index in [-0.39, 0.29) is 23.7 Å². The van der Waals surface area contributed by atoms with Crippen LogP contribution in [-0.2, 0) is 10.2 Å². The molecule has 0 N–H and O–H groups in total. The predicted octanol–water partition coefficient (Wildman–Crippen LogP) is 5.18. The summed E-state index contributed by atoms with van der Waals surface area (Å²) in [5.74, 6) is -1.87. The minimum atomic E-state index is -3.03. The van der Waals surface area contributed by atoms with E-state index in [2.05, 4.69) is 4.99 Å². The summed E-state index contributed by atoms with van der Waals surface area (Å²) in [6, 6.07) is 7.66. The standard InChI is InChI=1S/C21H23F2NO2/c1-5-25-18-11-13(21(2,3)4)9-10-14(18)17-12-26-20(24-17)19-15(22)7-6-8-16(19)23/h6-11,17H,5,12H2,1-4H3/i1D3,5D2. The van der Waals surface area contributed by atoms with Crippen molar-refractivity contribution in [3.8, 4) is 5.75 Å². The molecule has 0 radical (unpaired) electrons. The number of aliphatic imine (C=N–C) groups is 1. The maximum atomic E-state index is 14.1. The van der Waals surface area contributed by atoms with Crippen LogP contribution in [0.5, 0.6) is 5.75 Å². The first-order valence-electron chi connectivity index (χ1n) is 10.7. The first kappa shape index (κ1) is 12.8. The Balaban J connectivity index is 2.06. The van der Waals surface area contributed by atoms with E-state index in [9.17, 15) is 8.78 Å². The lowest BCUT2D eigenvalue weighted by Crippen LogP contribution is -2.12. The van der Waals surface area contributed by atoms with E-state index >= 15 is 0 Å². The molecule has 0 fully saturated rings. The summed E-state index contributed by atoms with van der Waals surface area (Å²) >= 11 is 0. The third-order valence-electron chi connectivity index (χ3n) is 4.23. The van der Waals surface area contributed by atoms with Crippen LogP contribution < -0.4 is 4.74 Å². The molecule has 0 spiro atoms. The van der Waals surface area contributed by atoms with Crippen molar-refractivity contribution in [2.24, 2.45) is 4.99 Å². The summed E-state index contributed by atoms with van der Waals surface area (Å²) in [4.78, 5) is 4.27. The molecule has 0 amide bonds. The van der Waals surface area contributed by atoms with Crippen LogP contribution in [0.4, 0.5) is 8.78 Å².